The molecular formula is C14H9N5O8. The van der Waals surface area contributed by atoms with E-state index in [-0.39, 0.29) is 0 Å². The molecule has 0 spiro atoms. The SMILES string of the molecule is [2H]c1c([2H])c([2H])c([N+](=O)[O-])c(/C=N/NC(=O)c2cc([N+](=O)[O-])cc([N+](=O)[O-])c2O)c1[2H]. The van der Waals surface area contributed by atoms with E-state index in [1.54, 1.807) is 5.43 Å². The lowest BCUT2D eigenvalue weighted by Gasteiger charge is -2.04. The van der Waals surface area contributed by atoms with Gasteiger partial charge in [0, 0.05) is 12.1 Å². The molecule has 2 aromatic rings. The molecule has 1 amide bonds. The van der Waals surface area contributed by atoms with Crippen molar-refractivity contribution in [1.29, 1.82) is 0 Å². The van der Waals surface area contributed by atoms with Crippen molar-refractivity contribution in [2.24, 2.45) is 5.10 Å². The first kappa shape index (κ1) is 13.8. The zero-order valence-electron chi connectivity index (χ0n) is 16.8. The molecule has 13 heteroatoms. The Kier molecular flexibility index (Phi) is 3.91. The van der Waals surface area contributed by atoms with E-state index in [0.29, 0.717) is 18.3 Å². The molecule has 2 N–H and O–H groups in total. The number of hydrogen-bond acceptors (Lipinski definition) is 9. The molecule has 27 heavy (non-hydrogen) atoms. The molecule has 0 atom stereocenters. The van der Waals surface area contributed by atoms with Gasteiger partial charge >= 0.3 is 5.69 Å². The third-order valence-corrected chi connectivity index (χ3v) is 2.96. The van der Waals surface area contributed by atoms with Gasteiger partial charge in [0.15, 0.2) is 0 Å². The number of non-ortho nitro benzene ring substituents is 1. The summed E-state index contributed by atoms with van der Waals surface area (Å²) >= 11 is 0. The Morgan fingerprint density at radius 3 is 2.30 bits per heavy atom. The number of hydrazone groups is 1. The lowest BCUT2D eigenvalue weighted by atomic mass is 10.1. The zero-order chi connectivity index (χ0) is 23.6. The number of amides is 1. The second kappa shape index (κ2) is 7.64. The highest BCUT2D eigenvalue weighted by Crippen LogP contribution is 2.34. The van der Waals surface area contributed by atoms with E-state index >= 15 is 0 Å². The van der Waals surface area contributed by atoms with Crippen molar-refractivity contribution in [3.63, 3.8) is 0 Å². The number of rotatable bonds is 6. The second-order valence-electron chi connectivity index (χ2n) is 4.59. The van der Waals surface area contributed by atoms with Crippen molar-refractivity contribution in [3.8, 4) is 5.75 Å². The normalized spacial score (nSPS) is 12.6. The zero-order valence-corrected chi connectivity index (χ0v) is 12.8. The van der Waals surface area contributed by atoms with Gasteiger partial charge < -0.3 is 5.11 Å². The van der Waals surface area contributed by atoms with Crippen LogP contribution in [0.2, 0.25) is 0 Å². The monoisotopic (exact) mass is 379 g/mol. The summed E-state index contributed by atoms with van der Waals surface area (Å²) in [7, 11) is 0. The van der Waals surface area contributed by atoms with Gasteiger partial charge in [-0.1, -0.05) is 12.1 Å². The van der Waals surface area contributed by atoms with Crippen LogP contribution in [-0.2, 0) is 0 Å². The maximum atomic E-state index is 12.2. The number of nitro groups is 3. The van der Waals surface area contributed by atoms with E-state index in [9.17, 15) is 40.2 Å². The first-order valence-electron chi connectivity index (χ1n) is 8.62. The summed E-state index contributed by atoms with van der Waals surface area (Å²) in [6.07, 6.45) is 0.525. The molecule has 2 rings (SSSR count). The van der Waals surface area contributed by atoms with Crippen LogP contribution in [0, 0.1) is 30.3 Å². The number of hydrogen-bond donors (Lipinski definition) is 2. The lowest BCUT2D eigenvalue weighted by Crippen LogP contribution is -2.18. The van der Waals surface area contributed by atoms with Crippen LogP contribution in [0.4, 0.5) is 17.1 Å². The van der Waals surface area contributed by atoms with Gasteiger partial charge in [-0.05, 0) is 6.04 Å². The number of nitro benzene ring substituents is 3. The first-order chi connectivity index (χ1) is 14.4. The van der Waals surface area contributed by atoms with Crippen LogP contribution in [0.5, 0.6) is 5.75 Å². The summed E-state index contributed by atoms with van der Waals surface area (Å²) in [6.45, 7) is 0. The molecule has 0 aliphatic rings. The summed E-state index contributed by atoms with van der Waals surface area (Å²) in [6, 6.07) is -2.52. The number of nitrogens with zero attached hydrogens (tertiary/aromatic N) is 4. The Morgan fingerprint density at radius 2 is 1.70 bits per heavy atom. The minimum atomic E-state index is -1.37. The number of phenols is 1. The minimum absolute atomic E-state index is 0.430. The highest BCUT2D eigenvalue weighted by Gasteiger charge is 2.27. The molecule has 0 aliphatic heterocycles. The van der Waals surface area contributed by atoms with Crippen molar-refractivity contribution in [1.82, 2.24) is 5.43 Å². The smallest absolute Gasteiger partial charge is 0.318 e. The molecule has 0 aliphatic carbocycles. The van der Waals surface area contributed by atoms with Crippen molar-refractivity contribution >= 4 is 29.2 Å². The van der Waals surface area contributed by atoms with Crippen molar-refractivity contribution in [2.45, 2.75) is 0 Å². The van der Waals surface area contributed by atoms with Gasteiger partial charge in [0.05, 0.1) is 43.7 Å². The second-order valence-corrected chi connectivity index (χ2v) is 4.59. The van der Waals surface area contributed by atoms with Crippen molar-refractivity contribution in [3.05, 3.63) is 77.8 Å². The van der Waals surface area contributed by atoms with E-state index in [4.69, 9.17) is 5.48 Å². The van der Waals surface area contributed by atoms with Gasteiger partial charge in [0.25, 0.3) is 17.3 Å². The first-order valence-corrected chi connectivity index (χ1v) is 6.62. The molecule has 138 valence electrons. The van der Waals surface area contributed by atoms with Gasteiger partial charge in [0.1, 0.15) is 0 Å². The number of para-hydroxylation sites is 1. The van der Waals surface area contributed by atoms with Crippen molar-refractivity contribution in [2.75, 3.05) is 0 Å². The summed E-state index contributed by atoms with van der Waals surface area (Å²) in [5.74, 6) is -2.57. The predicted octanol–water partition coefficient (Wildman–Crippen LogP) is 1.88. The predicted molar refractivity (Wildman–Crippen MR) is 89.6 cm³/mol. The Bertz CT molecular complexity index is 1190. The van der Waals surface area contributed by atoms with Crippen LogP contribution >= 0.6 is 0 Å². The number of carbonyl (C=O) groups is 1. The quantitative estimate of drug-likeness (QED) is 0.431. The Labute approximate surface area is 154 Å². The molecule has 0 aromatic heterocycles. The standard InChI is InChI=1S/C14H9N5O8/c20-13-10(5-9(17(22)23)6-12(13)19(26)27)14(21)16-15-7-8-3-1-2-4-11(8)18(24)25/h1-7,20H,(H,16,21)/b15-7+/i1D,2D,3D,4D. The molecule has 0 saturated heterocycles. The molecule has 2 aromatic carbocycles. The van der Waals surface area contributed by atoms with Crippen LogP contribution in [0.15, 0.2) is 41.4 Å². The Morgan fingerprint density at radius 1 is 1.07 bits per heavy atom. The number of nitrogens with one attached hydrogen (secondary N) is 1. The molecule has 0 bridgehead atoms. The molecule has 0 saturated carbocycles. The molecule has 0 unspecified atom stereocenters. The maximum absolute atomic E-state index is 12.2. The maximum Gasteiger partial charge on any atom is 0.318 e. The van der Waals surface area contributed by atoms with E-state index in [2.05, 4.69) is 5.10 Å². The number of aromatic hydroxyl groups is 1. The molecular weight excluding hydrogens is 366 g/mol. The fourth-order valence-electron chi connectivity index (χ4n) is 1.79. The Hall–Kier alpha value is -4.42. The van der Waals surface area contributed by atoms with E-state index in [1.807, 2.05) is 0 Å². The molecule has 13 nitrogen and oxygen atoms in total. The summed E-state index contributed by atoms with van der Waals surface area (Å²) in [5.41, 5.74) is -2.91. The summed E-state index contributed by atoms with van der Waals surface area (Å²) in [4.78, 5) is 41.9. The van der Waals surface area contributed by atoms with Crippen LogP contribution in [0.1, 0.15) is 21.4 Å². The summed E-state index contributed by atoms with van der Waals surface area (Å²) in [5, 5.41) is 46.1. The van der Waals surface area contributed by atoms with Gasteiger partial charge in [0.2, 0.25) is 5.75 Å². The highest BCUT2D eigenvalue weighted by molar-refractivity contribution is 5.99. The molecule has 0 heterocycles. The number of phenolic OH excluding ortho intramolecular Hbond substituents is 1. The lowest BCUT2D eigenvalue weighted by molar-refractivity contribution is -0.394. The van der Waals surface area contributed by atoms with Crippen LogP contribution in [0.25, 0.3) is 0 Å². The van der Waals surface area contributed by atoms with Gasteiger partial charge in [-0.25, -0.2) is 5.43 Å². The van der Waals surface area contributed by atoms with E-state index in [0.717, 1.165) is 0 Å². The fourth-order valence-corrected chi connectivity index (χ4v) is 1.79. The molecule has 0 radical (unpaired) electrons. The van der Waals surface area contributed by atoms with Gasteiger partial charge in [-0.15, -0.1) is 0 Å². The number of carbonyl (C=O) groups excluding carboxylic acids is 1. The van der Waals surface area contributed by atoms with E-state index in [1.165, 1.54) is 0 Å². The number of benzene rings is 2. The largest absolute Gasteiger partial charge is 0.502 e. The molecule has 0 fully saturated rings. The van der Waals surface area contributed by atoms with E-state index < -0.39 is 78.8 Å². The fraction of sp³-hybridized carbons (Fsp3) is 0. The summed E-state index contributed by atoms with van der Waals surface area (Å²) < 4.78 is 30.3. The topological polar surface area (TPSA) is 191 Å². The third kappa shape index (κ3) is 4.16. The third-order valence-electron chi connectivity index (χ3n) is 2.96. The van der Waals surface area contributed by atoms with Crippen molar-refractivity contribution < 1.29 is 30.2 Å². The van der Waals surface area contributed by atoms with Gasteiger partial charge in [-0.2, -0.15) is 5.10 Å². The van der Waals surface area contributed by atoms with Crippen LogP contribution in [0.3, 0.4) is 0 Å². The average Bonchev–Trinajstić information content (AvgIpc) is 2.69. The van der Waals surface area contributed by atoms with Gasteiger partial charge in [-0.3, -0.25) is 35.1 Å². The van der Waals surface area contributed by atoms with Crippen LogP contribution in [-0.4, -0.2) is 32.0 Å². The van der Waals surface area contributed by atoms with Crippen LogP contribution < -0.4 is 5.43 Å². The average molecular weight is 379 g/mol. The minimum Gasteiger partial charge on any atom is -0.502 e. The Balaban J connectivity index is 2.48. The highest BCUT2D eigenvalue weighted by atomic mass is 16.6.